The predicted molar refractivity (Wildman–Crippen MR) is 108 cm³/mol. The number of carbonyl (C=O) groups excluding carboxylic acids is 2. The maximum absolute atomic E-state index is 12.3. The van der Waals surface area contributed by atoms with Gasteiger partial charge >= 0.3 is 0 Å². The standard InChI is InChI=1S/C21H25N3O4/c1-12-7-15-14(13-5-6-19(28-4)18(25)8-13)9-20(26)23-17(15)10-16(12)22-21(27)11-24(2)3/h5-8,10,14,25H,9,11H2,1-4H3,(H,22,27)(H,23,26)/t14-/m1/s1. The van der Waals surface area contributed by atoms with Crippen LogP contribution in [0.4, 0.5) is 11.4 Å². The Morgan fingerprint density at radius 3 is 2.71 bits per heavy atom. The maximum Gasteiger partial charge on any atom is 0.238 e. The third-order valence-corrected chi connectivity index (χ3v) is 4.77. The molecule has 1 aliphatic rings. The van der Waals surface area contributed by atoms with Crippen molar-refractivity contribution in [2.45, 2.75) is 19.3 Å². The van der Waals surface area contributed by atoms with E-state index in [4.69, 9.17) is 4.74 Å². The SMILES string of the molecule is COc1ccc([C@H]2CC(=O)Nc3cc(NC(=O)CN(C)C)c(C)cc32)cc1O. The van der Waals surface area contributed by atoms with Crippen molar-refractivity contribution in [1.29, 1.82) is 0 Å². The second kappa shape index (κ2) is 7.90. The first-order valence-electron chi connectivity index (χ1n) is 9.04. The van der Waals surface area contributed by atoms with E-state index in [1.165, 1.54) is 7.11 Å². The van der Waals surface area contributed by atoms with Gasteiger partial charge in [-0.25, -0.2) is 0 Å². The van der Waals surface area contributed by atoms with Gasteiger partial charge in [-0.15, -0.1) is 0 Å². The number of phenols is 1. The molecule has 2 amide bonds. The summed E-state index contributed by atoms with van der Waals surface area (Å²) >= 11 is 0. The third-order valence-electron chi connectivity index (χ3n) is 4.77. The zero-order valence-electron chi connectivity index (χ0n) is 16.5. The molecule has 0 unspecified atom stereocenters. The fourth-order valence-corrected chi connectivity index (χ4v) is 3.46. The van der Waals surface area contributed by atoms with E-state index in [9.17, 15) is 14.7 Å². The van der Waals surface area contributed by atoms with E-state index in [1.807, 2.05) is 33.2 Å². The minimum absolute atomic E-state index is 0.0387. The monoisotopic (exact) mass is 383 g/mol. The molecule has 1 heterocycles. The Hall–Kier alpha value is -3.06. The number of fused-ring (bicyclic) bond motifs is 1. The molecule has 1 aliphatic heterocycles. The van der Waals surface area contributed by atoms with Gasteiger partial charge in [0.15, 0.2) is 11.5 Å². The molecule has 0 fully saturated rings. The van der Waals surface area contributed by atoms with Crippen LogP contribution in [-0.4, -0.2) is 49.6 Å². The molecular formula is C21H25N3O4. The van der Waals surface area contributed by atoms with Crippen molar-refractivity contribution >= 4 is 23.2 Å². The Bertz CT molecular complexity index is 924. The van der Waals surface area contributed by atoms with Gasteiger partial charge in [-0.3, -0.25) is 9.59 Å². The summed E-state index contributed by atoms with van der Waals surface area (Å²) in [6, 6.07) is 8.96. The molecule has 7 heteroatoms. The van der Waals surface area contributed by atoms with Crippen LogP contribution in [0.5, 0.6) is 11.5 Å². The fraction of sp³-hybridized carbons (Fsp3) is 0.333. The van der Waals surface area contributed by atoms with E-state index >= 15 is 0 Å². The van der Waals surface area contributed by atoms with Crippen molar-refractivity contribution in [2.24, 2.45) is 0 Å². The van der Waals surface area contributed by atoms with Gasteiger partial charge in [0.2, 0.25) is 11.8 Å². The molecule has 148 valence electrons. The first-order valence-corrected chi connectivity index (χ1v) is 9.04. The molecule has 28 heavy (non-hydrogen) atoms. The van der Waals surface area contributed by atoms with Gasteiger partial charge in [0, 0.05) is 23.7 Å². The topological polar surface area (TPSA) is 90.9 Å². The largest absolute Gasteiger partial charge is 0.504 e. The summed E-state index contributed by atoms with van der Waals surface area (Å²) in [5.74, 6) is 0.0102. The van der Waals surface area contributed by atoms with Crippen LogP contribution in [0.1, 0.15) is 29.0 Å². The predicted octanol–water partition coefficient (Wildman–Crippen LogP) is 2.68. The van der Waals surface area contributed by atoms with Crippen LogP contribution in [0.3, 0.4) is 0 Å². The van der Waals surface area contributed by atoms with E-state index < -0.39 is 0 Å². The van der Waals surface area contributed by atoms with Crippen LogP contribution in [0, 0.1) is 6.92 Å². The fourth-order valence-electron chi connectivity index (χ4n) is 3.46. The third kappa shape index (κ3) is 4.09. The number of phenolic OH excluding ortho intramolecular Hbond substituents is 1. The number of nitrogens with zero attached hydrogens (tertiary/aromatic N) is 1. The van der Waals surface area contributed by atoms with Crippen LogP contribution in [-0.2, 0) is 9.59 Å². The summed E-state index contributed by atoms with van der Waals surface area (Å²) < 4.78 is 5.10. The average Bonchev–Trinajstić information content (AvgIpc) is 2.61. The lowest BCUT2D eigenvalue weighted by Crippen LogP contribution is -2.28. The number of hydrogen-bond donors (Lipinski definition) is 3. The van der Waals surface area contributed by atoms with E-state index in [0.29, 0.717) is 17.1 Å². The molecule has 1 atom stereocenters. The average molecular weight is 383 g/mol. The number of likely N-dealkylation sites (N-methyl/N-ethyl adjacent to an activating group) is 1. The summed E-state index contributed by atoms with van der Waals surface area (Å²) in [5, 5.41) is 15.9. The number of aryl methyl sites for hydroxylation is 1. The lowest BCUT2D eigenvalue weighted by atomic mass is 9.83. The van der Waals surface area contributed by atoms with Crippen molar-refractivity contribution in [3.05, 3.63) is 47.0 Å². The van der Waals surface area contributed by atoms with Crippen molar-refractivity contribution in [3.8, 4) is 11.5 Å². The number of carbonyl (C=O) groups is 2. The van der Waals surface area contributed by atoms with Crippen molar-refractivity contribution in [3.63, 3.8) is 0 Å². The quantitative estimate of drug-likeness (QED) is 0.738. The number of amides is 2. The molecule has 3 N–H and O–H groups in total. The second-order valence-electron chi connectivity index (χ2n) is 7.28. The lowest BCUT2D eigenvalue weighted by molar-refractivity contribution is -0.117. The van der Waals surface area contributed by atoms with Gasteiger partial charge < -0.3 is 25.4 Å². The minimum Gasteiger partial charge on any atom is -0.504 e. The summed E-state index contributed by atoms with van der Waals surface area (Å²) in [6.45, 7) is 2.20. The first-order chi connectivity index (χ1) is 13.3. The first kappa shape index (κ1) is 19.7. The number of nitrogens with one attached hydrogen (secondary N) is 2. The van der Waals surface area contributed by atoms with Gasteiger partial charge in [0.1, 0.15) is 0 Å². The van der Waals surface area contributed by atoms with Gasteiger partial charge in [0.25, 0.3) is 0 Å². The number of ether oxygens (including phenoxy) is 1. The maximum atomic E-state index is 12.3. The van der Waals surface area contributed by atoms with Crippen LogP contribution in [0.2, 0.25) is 0 Å². The highest BCUT2D eigenvalue weighted by molar-refractivity contribution is 5.98. The molecule has 0 saturated carbocycles. The van der Waals surface area contributed by atoms with E-state index in [1.54, 1.807) is 23.1 Å². The Labute approximate surface area is 164 Å². The Kier molecular flexibility index (Phi) is 5.56. The van der Waals surface area contributed by atoms with E-state index in [0.717, 1.165) is 16.7 Å². The van der Waals surface area contributed by atoms with E-state index in [-0.39, 0.29) is 36.4 Å². The van der Waals surface area contributed by atoms with Gasteiger partial charge in [0.05, 0.1) is 13.7 Å². The number of hydrogen-bond acceptors (Lipinski definition) is 5. The number of aromatic hydroxyl groups is 1. The summed E-state index contributed by atoms with van der Waals surface area (Å²) in [7, 11) is 5.15. The highest BCUT2D eigenvalue weighted by atomic mass is 16.5. The smallest absolute Gasteiger partial charge is 0.238 e. The molecule has 7 nitrogen and oxygen atoms in total. The molecule has 0 bridgehead atoms. The zero-order valence-corrected chi connectivity index (χ0v) is 16.5. The highest BCUT2D eigenvalue weighted by Gasteiger charge is 2.28. The molecule has 0 radical (unpaired) electrons. The van der Waals surface area contributed by atoms with Crippen molar-refractivity contribution < 1.29 is 19.4 Å². The zero-order chi connectivity index (χ0) is 20.4. The normalized spacial score (nSPS) is 15.8. The Balaban J connectivity index is 1.96. The van der Waals surface area contributed by atoms with Crippen LogP contribution < -0.4 is 15.4 Å². The minimum atomic E-state index is -0.189. The molecule has 0 aromatic heterocycles. The Morgan fingerprint density at radius 1 is 1.32 bits per heavy atom. The number of benzene rings is 2. The molecule has 2 aromatic rings. The van der Waals surface area contributed by atoms with Crippen molar-refractivity contribution in [2.75, 3.05) is 38.4 Å². The van der Waals surface area contributed by atoms with Crippen LogP contribution >= 0.6 is 0 Å². The molecular weight excluding hydrogens is 358 g/mol. The number of methoxy groups -OCH3 is 1. The second-order valence-corrected chi connectivity index (χ2v) is 7.28. The molecule has 3 rings (SSSR count). The number of anilines is 2. The van der Waals surface area contributed by atoms with Gasteiger partial charge in [-0.1, -0.05) is 12.1 Å². The summed E-state index contributed by atoms with van der Waals surface area (Å²) in [4.78, 5) is 26.2. The number of rotatable bonds is 5. The molecule has 0 spiro atoms. The molecule has 0 saturated heterocycles. The lowest BCUT2D eigenvalue weighted by Gasteiger charge is -2.28. The van der Waals surface area contributed by atoms with Gasteiger partial charge in [-0.05, 0) is 55.9 Å². The Morgan fingerprint density at radius 2 is 2.07 bits per heavy atom. The van der Waals surface area contributed by atoms with E-state index in [2.05, 4.69) is 10.6 Å². The molecule has 0 aliphatic carbocycles. The van der Waals surface area contributed by atoms with Gasteiger partial charge in [-0.2, -0.15) is 0 Å². The highest BCUT2D eigenvalue weighted by Crippen LogP contribution is 2.41. The van der Waals surface area contributed by atoms with Crippen LogP contribution in [0.25, 0.3) is 0 Å². The van der Waals surface area contributed by atoms with Crippen LogP contribution in [0.15, 0.2) is 30.3 Å². The summed E-state index contributed by atoms with van der Waals surface area (Å²) in [5.41, 5.74) is 4.03. The molecule has 2 aromatic carbocycles. The summed E-state index contributed by atoms with van der Waals surface area (Å²) in [6.07, 6.45) is 0.282. The van der Waals surface area contributed by atoms with Crippen molar-refractivity contribution in [1.82, 2.24) is 4.90 Å².